The predicted octanol–water partition coefficient (Wildman–Crippen LogP) is 3.30. The van der Waals surface area contributed by atoms with E-state index in [9.17, 15) is 0 Å². The average Bonchev–Trinajstić information content (AvgIpc) is 2.83. The van der Waals surface area contributed by atoms with Crippen molar-refractivity contribution >= 4 is 17.6 Å². The van der Waals surface area contributed by atoms with Gasteiger partial charge in [0.25, 0.3) is 0 Å². The summed E-state index contributed by atoms with van der Waals surface area (Å²) in [6.07, 6.45) is 1.83. The first-order valence-corrected chi connectivity index (χ1v) is 7.84. The smallest absolute Gasteiger partial charge is 0.230 e. The Morgan fingerprint density at radius 3 is 2.46 bits per heavy atom. The number of aromatic nitrogens is 4. The highest BCUT2D eigenvalue weighted by atomic mass is 15.3. The Bertz CT molecular complexity index is 851. The standard InChI is InChI=1S/C18H22N6/c1-12-11-19-18(20-16(12)23(3)4)21-17-15(13(2)22-24(17)5)14-9-7-6-8-10-14/h6-11H,1-5H3,(H,19,20,21). The number of aryl methyl sites for hydroxylation is 3. The summed E-state index contributed by atoms with van der Waals surface area (Å²) in [5.74, 6) is 2.34. The topological polar surface area (TPSA) is 58.9 Å². The number of nitrogens with one attached hydrogen (secondary N) is 1. The fourth-order valence-corrected chi connectivity index (χ4v) is 2.80. The van der Waals surface area contributed by atoms with Crippen LogP contribution >= 0.6 is 0 Å². The van der Waals surface area contributed by atoms with Crippen molar-refractivity contribution in [3.8, 4) is 11.1 Å². The lowest BCUT2D eigenvalue weighted by Gasteiger charge is -2.15. The highest BCUT2D eigenvalue weighted by Crippen LogP contribution is 2.32. The minimum Gasteiger partial charge on any atom is -0.362 e. The molecular weight excluding hydrogens is 300 g/mol. The molecule has 2 heterocycles. The molecule has 0 atom stereocenters. The van der Waals surface area contributed by atoms with Gasteiger partial charge >= 0.3 is 0 Å². The summed E-state index contributed by atoms with van der Waals surface area (Å²) in [6.45, 7) is 4.01. The highest BCUT2D eigenvalue weighted by Gasteiger charge is 2.16. The average molecular weight is 322 g/mol. The first-order chi connectivity index (χ1) is 11.5. The maximum Gasteiger partial charge on any atom is 0.230 e. The van der Waals surface area contributed by atoms with Crippen molar-refractivity contribution in [1.29, 1.82) is 0 Å². The largest absolute Gasteiger partial charge is 0.362 e. The monoisotopic (exact) mass is 322 g/mol. The molecule has 0 saturated heterocycles. The van der Waals surface area contributed by atoms with E-state index < -0.39 is 0 Å². The normalized spacial score (nSPS) is 10.7. The Kier molecular flexibility index (Phi) is 4.20. The Labute approximate surface area is 142 Å². The fourth-order valence-electron chi connectivity index (χ4n) is 2.80. The molecule has 124 valence electrons. The first kappa shape index (κ1) is 16.0. The summed E-state index contributed by atoms with van der Waals surface area (Å²) in [6, 6.07) is 10.2. The van der Waals surface area contributed by atoms with Crippen molar-refractivity contribution in [3.05, 3.63) is 47.8 Å². The molecule has 0 saturated carbocycles. The molecule has 1 N–H and O–H groups in total. The molecule has 6 heteroatoms. The predicted molar refractivity (Wildman–Crippen MR) is 97.8 cm³/mol. The van der Waals surface area contributed by atoms with Crippen molar-refractivity contribution in [2.75, 3.05) is 24.3 Å². The molecule has 0 unspecified atom stereocenters. The molecule has 0 aliphatic carbocycles. The second kappa shape index (κ2) is 6.31. The molecule has 0 fully saturated rings. The van der Waals surface area contributed by atoms with Gasteiger partial charge < -0.3 is 10.2 Å². The fraction of sp³-hybridized carbons (Fsp3) is 0.278. The molecule has 0 radical (unpaired) electrons. The zero-order valence-electron chi connectivity index (χ0n) is 14.7. The molecule has 2 aromatic heterocycles. The summed E-state index contributed by atoms with van der Waals surface area (Å²) in [4.78, 5) is 11.0. The summed E-state index contributed by atoms with van der Waals surface area (Å²) in [5.41, 5.74) is 4.18. The van der Waals surface area contributed by atoms with Gasteiger partial charge in [-0.25, -0.2) is 4.98 Å². The van der Waals surface area contributed by atoms with Crippen LogP contribution in [-0.2, 0) is 7.05 Å². The van der Waals surface area contributed by atoms with Crippen molar-refractivity contribution in [2.24, 2.45) is 7.05 Å². The Morgan fingerprint density at radius 2 is 1.79 bits per heavy atom. The van der Waals surface area contributed by atoms with E-state index in [1.54, 1.807) is 0 Å². The van der Waals surface area contributed by atoms with Crippen molar-refractivity contribution in [2.45, 2.75) is 13.8 Å². The van der Waals surface area contributed by atoms with Gasteiger partial charge in [-0.05, 0) is 19.4 Å². The van der Waals surface area contributed by atoms with Gasteiger partial charge in [0, 0.05) is 38.5 Å². The van der Waals surface area contributed by atoms with E-state index in [1.165, 1.54) is 0 Å². The minimum absolute atomic E-state index is 0.560. The maximum absolute atomic E-state index is 4.61. The SMILES string of the molecule is Cc1cnc(Nc2c(-c3ccccc3)c(C)nn2C)nc1N(C)C. The summed E-state index contributed by atoms with van der Waals surface area (Å²) < 4.78 is 1.83. The van der Waals surface area contributed by atoms with E-state index in [-0.39, 0.29) is 0 Å². The molecule has 24 heavy (non-hydrogen) atoms. The lowest BCUT2D eigenvalue weighted by atomic mass is 10.1. The zero-order valence-corrected chi connectivity index (χ0v) is 14.7. The molecule has 0 aliphatic heterocycles. The third-order valence-corrected chi connectivity index (χ3v) is 3.88. The van der Waals surface area contributed by atoms with Crippen LogP contribution in [-0.4, -0.2) is 33.8 Å². The van der Waals surface area contributed by atoms with Gasteiger partial charge in [0.2, 0.25) is 5.95 Å². The first-order valence-electron chi connectivity index (χ1n) is 7.84. The molecule has 1 aromatic carbocycles. The van der Waals surface area contributed by atoms with Gasteiger partial charge in [-0.1, -0.05) is 30.3 Å². The van der Waals surface area contributed by atoms with Gasteiger partial charge in [-0.3, -0.25) is 4.68 Å². The van der Waals surface area contributed by atoms with Gasteiger partial charge in [0.15, 0.2) is 0 Å². The van der Waals surface area contributed by atoms with E-state index in [2.05, 4.69) is 32.5 Å². The Hall–Kier alpha value is -2.89. The van der Waals surface area contributed by atoms with Gasteiger partial charge in [-0.2, -0.15) is 10.1 Å². The van der Waals surface area contributed by atoms with Crippen LogP contribution in [0.2, 0.25) is 0 Å². The molecule has 3 aromatic rings. The van der Waals surface area contributed by atoms with Crippen molar-refractivity contribution < 1.29 is 0 Å². The van der Waals surface area contributed by atoms with Crippen LogP contribution < -0.4 is 10.2 Å². The van der Waals surface area contributed by atoms with E-state index >= 15 is 0 Å². The van der Waals surface area contributed by atoms with Crippen LogP contribution in [0, 0.1) is 13.8 Å². The summed E-state index contributed by atoms with van der Waals surface area (Å²) in [7, 11) is 5.87. The minimum atomic E-state index is 0.560. The highest BCUT2D eigenvalue weighted by molar-refractivity contribution is 5.79. The van der Waals surface area contributed by atoms with Gasteiger partial charge in [-0.15, -0.1) is 0 Å². The molecular formula is C18H22N6. The third-order valence-electron chi connectivity index (χ3n) is 3.88. The quantitative estimate of drug-likeness (QED) is 0.798. The molecule has 0 aliphatic rings. The van der Waals surface area contributed by atoms with Crippen LogP contribution in [0.25, 0.3) is 11.1 Å². The Balaban J connectivity index is 2.04. The maximum atomic E-state index is 4.61. The lowest BCUT2D eigenvalue weighted by Crippen LogP contribution is -2.14. The van der Waals surface area contributed by atoms with E-state index in [4.69, 9.17) is 0 Å². The van der Waals surface area contributed by atoms with Crippen LogP contribution in [0.15, 0.2) is 36.5 Å². The molecule has 6 nitrogen and oxygen atoms in total. The van der Waals surface area contributed by atoms with E-state index in [0.717, 1.165) is 34.0 Å². The number of benzene rings is 1. The van der Waals surface area contributed by atoms with Crippen LogP contribution in [0.4, 0.5) is 17.6 Å². The molecule has 0 bridgehead atoms. The van der Waals surface area contributed by atoms with Crippen LogP contribution in [0.3, 0.4) is 0 Å². The van der Waals surface area contributed by atoms with Gasteiger partial charge in [0.1, 0.15) is 11.6 Å². The number of anilines is 3. The van der Waals surface area contributed by atoms with Crippen LogP contribution in [0.5, 0.6) is 0 Å². The summed E-state index contributed by atoms with van der Waals surface area (Å²) in [5, 5.41) is 7.88. The number of rotatable bonds is 4. The van der Waals surface area contributed by atoms with Crippen molar-refractivity contribution in [3.63, 3.8) is 0 Å². The third kappa shape index (κ3) is 2.95. The molecule has 3 rings (SSSR count). The Morgan fingerprint density at radius 1 is 1.08 bits per heavy atom. The van der Waals surface area contributed by atoms with Crippen molar-refractivity contribution in [1.82, 2.24) is 19.7 Å². The molecule has 0 amide bonds. The summed E-state index contributed by atoms with van der Waals surface area (Å²) >= 11 is 0. The van der Waals surface area contributed by atoms with Gasteiger partial charge in [0.05, 0.1) is 5.69 Å². The number of hydrogen-bond acceptors (Lipinski definition) is 5. The van der Waals surface area contributed by atoms with E-state index in [1.807, 2.05) is 69.0 Å². The number of nitrogens with zero attached hydrogens (tertiary/aromatic N) is 5. The van der Waals surface area contributed by atoms with E-state index in [0.29, 0.717) is 5.95 Å². The molecule has 0 spiro atoms. The second-order valence-corrected chi connectivity index (χ2v) is 6.02. The number of hydrogen-bond donors (Lipinski definition) is 1. The second-order valence-electron chi connectivity index (χ2n) is 6.02. The lowest BCUT2D eigenvalue weighted by molar-refractivity contribution is 0.763. The van der Waals surface area contributed by atoms with Crippen LogP contribution in [0.1, 0.15) is 11.3 Å². The zero-order chi connectivity index (χ0) is 17.3.